The molecule has 0 bridgehead atoms. The Morgan fingerprint density at radius 2 is 0.465 bits per heavy atom. The molecular weight excluding hydrogens is 879 g/mol. The largest absolute Gasteiger partial charge is 0.457 e. The van der Waals surface area contributed by atoms with Gasteiger partial charge in [0.05, 0.1) is 0 Å². The van der Waals surface area contributed by atoms with E-state index in [2.05, 4.69) is 139 Å². The van der Waals surface area contributed by atoms with Gasteiger partial charge in [0, 0.05) is 11.1 Å². The first kappa shape index (κ1) is 49.8. The minimum atomic E-state index is -0.306. The molecule has 364 valence electrons. The summed E-state index contributed by atoms with van der Waals surface area (Å²) in [4.78, 5) is 0. The molecule has 0 fully saturated rings. The summed E-state index contributed by atoms with van der Waals surface area (Å²) in [6, 6.07) is 40.8. The van der Waals surface area contributed by atoms with Crippen molar-refractivity contribution in [1.29, 1.82) is 0 Å². The zero-order valence-electron chi connectivity index (χ0n) is 44.1. The minimum absolute atomic E-state index is 0.306. The lowest BCUT2D eigenvalue weighted by atomic mass is 9.76. The van der Waals surface area contributed by atoms with Crippen molar-refractivity contribution in [2.45, 2.75) is 109 Å². The first-order chi connectivity index (χ1) is 33.6. The van der Waals surface area contributed by atoms with Crippen molar-refractivity contribution in [2.24, 2.45) is 0 Å². The van der Waals surface area contributed by atoms with Gasteiger partial charge in [0.15, 0.2) is 0 Å². The van der Waals surface area contributed by atoms with Gasteiger partial charge < -0.3 is 34.2 Å². The van der Waals surface area contributed by atoms with E-state index in [0.29, 0.717) is 5.69 Å². The summed E-state index contributed by atoms with van der Waals surface area (Å²) in [5.41, 5.74) is 22.1. The van der Waals surface area contributed by atoms with Gasteiger partial charge in [0.1, 0.15) is 69.0 Å². The van der Waals surface area contributed by atoms with E-state index in [1.807, 2.05) is 86.6 Å². The van der Waals surface area contributed by atoms with Crippen molar-refractivity contribution >= 4 is 5.69 Å². The maximum absolute atomic E-state index is 6.69. The molecule has 8 aromatic rings. The summed E-state index contributed by atoms with van der Waals surface area (Å²) in [6.07, 6.45) is 0. The topological polar surface area (TPSA) is 81.4 Å². The maximum atomic E-state index is 6.69. The highest BCUT2D eigenvalue weighted by molar-refractivity contribution is 5.58. The van der Waals surface area contributed by atoms with Crippen LogP contribution in [0.5, 0.6) is 69.0 Å². The molecule has 7 heteroatoms. The number of hydrogen-bond acceptors (Lipinski definition) is 7. The first-order valence-corrected chi connectivity index (χ1v) is 24.3. The number of hydrogen-bond donors (Lipinski definition) is 1. The van der Waals surface area contributed by atoms with Crippen molar-refractivity contribution < 1.29 is 28.4 Å². The van der Waals surface area contributed by atoms with Crippen LogP contribution >= 0.6 is 0 Å². The molecule has 0 aromatic heterocycles. The Labute approximate surface area is 421 Å². The summed E-state index contributed by atoms with van der Waals surface area (Å²) in [6.45, 7) is 31.5. The summed E-state index contributed by atoms with van der Waals surface area (Å²) < 4.78 is 39.0. The van der Waals surface area contributed by atoms with Crippen molar-refractivity contribution in [2.75, 3.05) is 5.73 Å². The predicted octanol–water partition coefficient (Wildman–Crippen LogP) is 18.4. The normalized spacial score (nSPS) is 11.4. The van der Waals surface area contributed by atoms with Gasteiger partial charge in [0.25, 0.3) is 0 Å². The molecule has 0 saturated carbocycles. The summed E-state index contributed by atoms with van der Waals surface area (Å²) in [5, 5.41) is 0. The van der Waals surface area contributed by atoms with Gasteiger partial charge in [-0.2, -0.15) is 0 Å². The van der Waals surface area contributed by atoms with Crippen molar-refractivity contribution in [3.05, 3.63) is 205 Å². The first-order valence-electron chi connectivity index (χ1n) is 24.3. The highest BCUT2D eigenvalue weighted by Crippen LogP contribution is 2.44. The lowest BCUT2D eigenvalue weighted by Gasteiger charge is -2.29. The molecule has 0 amide bonds. The Balaban J connectivity index is 0.948. The van der Waals surface area contributed by atoms with E-state index in [1.165, 1.54) is 16.7 Å². The fourth-order valence-electron chi connectivity index (χ4n) is 9.48. The van der Waals surface area contributed by atoms with Crippen molar-refractivity contribution in [3.8, 4) is 69.0 Å². The van der Waals surface area contributed by atoms with Crippen molar-refractivity contribution in [1.82, 2.24) is 0 Å². The number of nitrogens with two attached hydrogens (primary N) is 1. The second-order valence-electron chi connectivity index (χ2n) is 20.0. The zero-order chi connectivity index (χ0) is 51.1. The van der Waals surface area contributed by atoms with E-state index in [1.54, 1.807) is 0 Å². The molecule has 8 rings (SSSR count). The highest BCUT2D eigenvalue weighted by Gasteiger charge is 2.27. The summed E-state index contributed by atoms with van der Waals surface area (Å²) in [7, 11) is 0. The Kier molecular flexibility index (Phi) is 14.0. The van der Waals surface area contributed by atoms with Crippen LogP contribution in [-0.2, 0) is 5.41 Å². The number of rotatable bonds is 14. The second-order valence-corrected chi connectivity index (χ2v) is 20.0. The molecule has 0 radical (unpaired) electrons. The van der Waals surface area contributed by atoms with E-state index >= 15 is 0 Å². The van der Waals surface area contributed by atoms with Gasteiger partial charge in [-0.05, 0) is 253 Å². The average molecular weight is 946 g/mol. The van der Waals surface area contributed by atoms with Crippen LogP contribution < -0.4 is 34.2 Å². The maximum Gasteiger partial charge on any atom is 0.133 e. The Hall–Kier alpha value is -7.64. The zero-order valence-corrected chi connectivity index (χ0v) is 44.1. The highest BCUT2D eigenvalue weighted by atomic mass is 16.5. The molecule has 0 aliphatic carbocycles. The SMILES string of the molecule is Cc1ccc(Oc2c(C)cc(Oc3c(C)cc(Oc4c(C)cc(C(C)(C)c5cc(C)c(Oc6cc(C)c(Oc7cc(C)c(Oc8ccc(N)cc8)c(C)c7)c(C)c6)c(C)c5)cc4C)cc3C)cc2C)cc1. The minimum Gasteiger partial charge on any atom is -0.457 e. The van der Waals surface area contributed by atoms with Crippen LogP contribution in [0.3, 0.4) is 0 Å². The van der Waals surface area contributed by atoms with Crippen molar-refractivity contribution in [3.63, 3.8) is 0 Å². The summed E-state index contributed by atoms with van der Waals surface area (Å²) >= 11 is 0. The molecular formula is C64H67NO6. The van der Waals surface area contributed by atoms with Crippen LogP contribution in [0.2, 0.25) is 0 Å². The Bertz CT molecular complexity index is 2950. The van der Waals surface area contributed by atoms with Crippen LogP contribution in [0.4, 0.5) is 5.69 Å². The molecule has 0 atom stereocenters. The molecule has 0 saturated heterocycles. The molecule has 8 aromatic carbocycles. The number of aryl methyl sites for hydroxylation is 13. The molecule has 0 unspecified atom stereocenters. The smallest absolute Gasteiger partial charge is 0.133 e. The average Bonchev–Trinajstić information content (AvgIpc) is 3.29. The van der Waals surface area contributed by atoms with Crippen LogP contribution in [0.25, 0.3) is 0 Å². The van der Waals surface area contributed by atoms with Gasteiger partial charge in [-0.3, -0.25) is 0 Å². The quantitative estimate of drug-likeness (QED) is 0.109. The third-order valence-electron chi connectivity index (χ3n) is 13.3. The number of ether oxygens (including phenoxy) is 6. The molecule has 2 N–H and O–H groups in total. The van der Waals surface area contributed by atoms with Gasteiger partial charge in [0.2, 0.25) is 0 Å². The molecule has 0 heterocycles. The number of anilines is 1. The summed E-state index contributed by atoms with van der Waals surface area (Å²) in [5.74, 6) is 9.57. The van der Waals surface area contributed by atoms with Crippen LogP contribution in [0.15, 0.2) is 121 Å². The van der Waals surface area contributed by atoms with Gasteiger partial charge in [-0.25, -0.2) is 0 Å². The lowest BCUT2D eigenvalue weighted by molar-refractivity contribution is 0.453. The Morgan fingerprint density at radius 1 is 0.268 bits per heavy atom. The number of nitrogen functional groups attached to an aromatic ring is 1. The van der Waals surface area contributed by atoms with Gasteiger partial charge in [-0.15, -0.1) is 0 Å². The third-order valence-corrected chi connectivity index (χ3v) is 13.3. The monoisotopic (exact) mass is 945 g/mol. The fraction of sp³-hybridized carbons (Fsp3) is 0.250. The van der Waals surface area contributed by atoms with E-state index in [9.17, 15) is 0 Å². The molecule has 7 nitrogen and oxygen atoms in total. The molecule has 71 heavy (non-hydrogen) atoms. The lowest BCUT2D eigenvalue weighted by Crippen LogP contribution is -2.20. The van der Waals surface area contributed by atoms with E-state index in [0.717, 1.165) is 136 Å². The molecule has 0 spiro atoms. The molecule has 0 aliphatic heterocycles. The van der Waals surface area contributed by atoms with Crippen LogP contribution in [-0.4, -0.2) is 0 Å². The second kappa shape index (κ2) is 20.0. The molecule has 0 aliphatic rings. The van der Waals surface area contributed by atoms with Crippen LogP contribution in [0.1, 0.15) is 97.3 Å². The van der Waals surface area contributed by atoms with Gasteiger partial charge in [-0.1, -0.05) is 55.8 Å². The van der Waals surface area contributed by atoms with Gasteiger partial charge >= 0.3 is 0 Å². The number of benzene rings is 8. The van der Waals surface area contributed by atoms with E-state index in [4.69, 9.17) is 34.2 Å². The van der Waals surface area contributed by atoms with Crippen LogP contribution in [0, 0.1) is 90.0 Å². The predicted molar refractivity (Wildman–Crippen MR) is 290 cm³/mol. The van der Waals surface area contributed by atoms with E-state index < -0.39 is 0 Å². The van der Waals surface area contributed by atoms with E-state index in [-0.39, 0.29) is 5.41 Å². The third kappa shape index (κ3) is 10.9. The Morgan fingerprint density at radius 3 is 0.704 bits per heavy atom. The standard InChI is InChI=1S/C64H67NO6/c1-36-16-20-52(21-17-36)66-60-41(6)28-56(29-42(60)7)70-62-45(10)32-54(33-46(62)11)68-58-37(2)24-49(25-38(58)3)64(14,15)50-26-39(4)59(40(5)27-50)69-55-34-47(12)63(48(13)35-55)71-57-30-43(8)61(44(9)31-57)67-53-22-18-51(65)19-23-53/h16-35H,65H2,1-15H3. The fourth-order valence-corrected chi connectivity index (χ4v) is 9.48.